The second-order valence-electron chi connectivity index (χ2n) is 8.36. The van der Waals surface area contributed by atoms with E-state index in [1.807, 2.05) is 36.4 Å². The average Bonchev–Trinajstić information content (AvgIpc) is 3.16. The summed E-state index contributed by atoms with van der Waals surface area (Å²) in [6, 6.07) is 21.9. The molecule has 1 unspecified atom stereocenters. The van der Waals surface area contributed by atoms with E-state index >= 15 is 0 Å². The lowest BCUT2D eigenvalue weighted by molar-refractivity contribution is -0.138. The van der Waals surface area contributed by atoms with Crippen LogP contribution in [0.2, 0.25) is 0 Å². The largest absolute Gasteiger partial charge is 0.481 e. The lowest BCUT2D eigenvalue weighted by Crippen LogP contribution is -2.42. The third-order valence-electron chi connectivity index (χ3n) is 6.12. The predicted molar refractivity (Wildman–Crippen MR) is 129 cm³/mol. The number of hydrogen-bond acceptors (Lipinski definition) is 4. The molecule has 3 N–H and O–H groups in total. The summed E-state index contributed by atoms with van der Waals surface area (Å²) in [5, 5.41) is 14.4. The van der Waals surface area contributed by atoms with Gasteiger partial charge in [0.15, 0.2) is 0 Å². The van der Waals surface area contributed by atoms with Gasteiger partial charge in [-0.1, -0.05) is 60.7 Å². The van der Waals surface area contributed by atoms with E-state index in [9.17, 15) is 14.4 Å². The molecule has 34 heavy (non-hydrogen) atoms. The molecule has 1 aliphatic carbocycles. The molecule has 3 aromatic rings. The molecule has 1 aliphatic rings. The molecule has 7 heteroatoms. The number of carboxylic acids is 1. The molecule has 0 spiro atoms. The van der Waals surface area contributed by atoms with Crippen LogP contribution in [0.3, 0.4) is 0 Å². The van der Waals surface area contributed by atoms with Crippen LogP contribution in [0.15, 0.2) is 72.8 Å². The number of benzene rings is 3. The quantitative estimate of drug-likeness (QED) is 0.474. The Morgan fingerprint density at radius 2 is 1.44 bits per heavy atom. The van der Waals surface area contributed by atoms with Gasteiger partial charge in [0.05, 0.1) is 5.92 Å². The van der Waals surface area contributed by atoms with Gasteiger partial charge in [0.25, 0.3) is 0 Å². The minimum absolute atomic E-state index is 0.0611. The Labute approximate surface area is 197 Å². The number of amides is 2. The highest BCUT2D eigenvalue weighted by Gasteiger charge is 2.29. The van der Waals surface area contributed by atoms with Crippen molar-refractivity contribution in [2.45, 2.75) is 31.7 Å². The third kappa shape index (κ3) is 4.78. The number of ether oxygens (including phenoxy) is 1. The number of carbonyl (C=O) groups excluding carboxylic acids is 2. The third-order valence-corrected chi connectivity index (χ3v) is 6.12. The molecule has 0 saturated carbocycles. The van der Waals surface area contributed by atoms with E-state index in [2.05, 4.69) is 22.8 Å². The number of rotatable bonds is 7. The Bertz CT molecular complexity index is 1180. The fourth-order valence-electron chi connectivity index (χ4n) is 4.13. The van der Waals surface area contributed by atoms with Gasteiger partial charge in [-0.05, 0) is 53.8 Å². The minimum Gasteiger partial charge on any atom is -0.481 e. The maximum Gasteiger partial charge on any atom is 0.407 e. The summed E-state index contributed by atoms with van der Waals surface area (Å²) in [6.07, 6.45) is -0.671. The molecule has 2 atom stereocenters. The Hall–Kier alpha value is -4.13. The second kappa shape index (κ2) is 9.79. The topological polar surface area (TPSA) is 105 Å². The van der Waals surface area contributed by atoms with Gasteiger partial charge in [-0.25, -0.2) is 4.79 Å². The Balaban J connectivity index is 1.32. The number of nitrogens with one attached hydrogen (secondary N) is 2. The van der Waals surface area contributed by atoms with E-state index in [1.54, 1.807) is 38.1 Å². The maximum absolute atomic E-state index is 12.5. The molecule has 2 amide bonds. The van der Waals surface area contributed by atoms with Crippen molar-refractivity contribution in [2.24, 2.45) is 0 Å². The van der Waals surface area contributed by atoms with Gasteiger partial charge in [-0.2, -0.15) is 0 Å². The normalized spacial score (nSPS) is 13.8. The molecular formula is C27H26N2O5. The Morgan fingerprint density at radius 3 is 2.00 bits per heavy atom. The van der Waals surface area contributed by atoms with Gasteiger partial charge in [-0.3, -0.25) is 9.59 Å². The summed E-state index contributed by atoms with van der Waals surface area (Å²) in [7, 11) is 0. The molecule has 0 saturated heterocycles. The Kier molecular flexibility index (Phi) is 6.63. The highest BCUT2D eigenvalue weighted by atomic mass is 16.5. The standard InChI is InChI=1S/C27H26N2O5/c1-16(26(31)32)18-11-13-19(14-12-18)29-25(30)17(2)28-27(33)34-15-24-22-9-5-3-7-20(22)21-8-4-6-10-23(21)24/h3-14,16-17,24H,15H2,1-2H3,(H,28,33)(H,29,30)(H,31,32)/t16?,17-/m1/s1. The van der Waals surface area contributed by atoms with E-state index in [-0.39, 0.29) is 12.5 Å². The molecule has 0 aliphatic heterocycles. The van der Waals surface area contributed by atoms with Crippen molar-refractivity contribution >= 4 is 23.7 Å². The molecule has 0 fully saturated rings. The number of fused-ring (bicyclic) bond motifs is 3. The Morgan fingerprint density at radius 1 is 0.882 bits per heavy atom. The van der Waals surface area contributed by atoms with Gasteiger partial charge in [0, 0.05) is 11.6 Å². The molecule has 0 bridgehead atoms. The number of carboxylic acid groups (broad SMARTS) is 1. The van der Waals surface area contributed by atoms with E-state index < -0.39 is 29.9 Å². The van der Waals surface area contributed by atoms with E-state index in [0.717, 1.165) is 22.3 Å². The van der Waals surface area contributed by atoms with Crippen molar-refractivity contribution in [1.82, 2.24) is 5.32 Å². The summed E-state index contributed by atoms with van der Waals surface area (Å²) < 4.78 is 5.49. The first-order chi connectivity index (χ1) is 16.3. The number of hydrogen-bond donors (Lipinski definition) is 3. The second-order valence-corrected chi connectivity index (χ2v) is 8.36. The van der Waals surface area contributed by atoms with Crippen LogP contribution in [0, 0.1) is 0 Å². The summed E-state index contributed by atoms with van der Waals surface area (Å²) in [4.78, 5) is 36.0. The number of aliphatic carboxylic acids is 1. The van der Waals surface area contributed by atoms with Crippen LogP contribution in [0.5, 0.6) is 0 Å². The first-order valence-electron chi connectivity index (χ1n) is 11.1. The smallest absolute Gasteiger partial charge is 0.407 e. The van der Waals surface area contributed by atoms with Crippen LogP contribution >= 0.6 is 0 Å². The summed E-state index contributed by atoms with van der Waals surface area (Å²) in [5.74, 6) is -2.03. The van der Waals surface area contributed by atoms with Crippen LogP contribution in [0.25, 0.3) is 11.1 Å². The van der Waals surface area contributed by atoms with E-state index in [0.29, 0.717) is 11.3 Å². The molecule has 0 aromatic heterocycles. The van der Waals surface area contributed by atoms with Gasteiger partial charge >= 0.3 is 12.1 Å². The molecule has 4 rings (SSSR count). The van der Waals surface area contributed by atoms with Crippen molar-refractivity contribution in [3.8, 4) is 11.1 Å². The average molecular weight is 459 g/mol. The van der Waals surface area contributed by atoms with Gasteiger partial charge < -0.3 is 20.5 Å². The van der Waals surface area contributed by atoms with Gasteiger partial charge in [-0.15, -0.1) is 0 Å². The highest BCUT2D eigenvalue weighted by molar-refractivity contribution is 5.96. The van der Waals surface area contributed by atoms with Gasteiger partial charge in [0.1, 0.15) is 12.6 Å². The molecule has 7 nitrogen and oxygen atoms in total. The zero-order valence-electron chi connectivity index (χ0n) is 18.9. The summed E-state index contributed by atoms with van der Waals surface area (Å²) in [5.41, 5.74) is 5.65. The molecular weight excluding hydrogens is 432 g/mol. The van der Waals surface area contributed by atoms with Crippen LogP contribution in [-0.2, 0) is 14.3 Å². The molecule has 3 aromatic carbocycles. The van der Waals surface area contributed by atoms with Gasteiger partial charge in [0.2, 0.25) is 5.91 Å². The van der Waals surface area contributed by atoms with Crippen molar-refractivity contribution in [3.05, 3.63) is 89.5 Å². The minimum atomic E-state index is -0.919. The zero-order chi connectivity index (χ0) is 24.2. The summed E-state index contributed by atoms with van der Waals surface area (Å²) in [6.45, 7) is 3.32. The highest BCUT2D eigenvalue weighted by Crippen LogP contribution is 2.44. The molecule has 174 valence electrons. The van der Waals surface area contributed by atoms with Crippen LogP contribution < -0.4 is 10.6 Å². The fourth-order valence-corrected chi connectivity index (χ4v) is 4.13. The van der Waals surface area contributed by atoms with Crippen LogP contribution in [-0.4, -0.2) is 35.7 Å². The van der Waals surface area contributed by atoms with Crippen LogP contribution in [0.1, 0.15) is 42.4 Å². The number of alkyl carbamates (subject to hydrolysis) is 1. The van der Waals surface area contributed by atoms with E-state index in [1.165, 1.54) is 0 Å². The lowest BCUT2D eigenvalue weighted by atomic mass is 9.98. The van der Waals surface area contributed by atoms with Crippen LogP contribution in [0.4, 0.5) is 10.5 Å². The monoisotopic (exact) mass is 458 g/mol. The number of carbonyl (C=O) groups is 3. The van der Waals surface area contributed by atoms with Crippen molar-refractivity contribution < 1.29 is 24.2 Å². The van der Waals surface area contributed by atoms with Crippen molar-refractivity contribution in [2.75, 3.05) is 11.9 Å². The maximum atomic E-state index is 12.5. The fraction of sp³-hybridized carbons (Fsp3) is 0.222. The number of anilines is 1. The van der Waals surface area contributed by atoms with E-state index in [4.69, 9.17) is 9.84 Å². The van der Waals surface area contributed by atoms with Crippen molar-refractivity contribution in [1.29, 1.82) is 0 Å². The first-order valence-corrected chi connectivity index (χ1v) is 11.1. The SMILES string of the molecule is CC(C(=O)O)c1ccc(NC(=O)[C@@H](C)NC(=O)OCC2c3ccccc3-c3ccccc32)cc1. The first kappa shape index (κ1) is 23.0. The lowest BCUT2D eigenvalue weighted by Gasteiger charge is -2.17. The zero-order valence-corrected chi connectivity index (χ0v) is 18.9. The molecule has 0 radical (unpaired) electrons. The summed E-state index contributed by atoms with van der Waals surface area (Å²) >= 11 is 0. The molecule has 0 heterocycles. The van der Waals surface area contributed by atoms with Crippen molar-refractivity contribution in [3.63, 3.8) is 0 Å². The predicted octanol–water partition coefficient (Wildman–Crippen LogP) is 4.74.